The molecule has 6 rings (SSSR count). The number of carbonyl (C=O) groups excluding carboxylic acids is 5. The first-order valence-corrected chi connectivity index (χ1v) is 11.8. The van der Waals surface area contributed by atoms with Crippen LogP contribution in [-0.2, 0) is 27.5 Å². The van der Waals surface area contributed by atoms with Crippen molar-refractivity contribution in [1.82, 2.24) is 35.8 Å². The van der Waals surface area contributed by atoms with E-state index in [4.69, 9.17) is 0 Å². The molecule has 3 N–H and O–H groups in total. The zero-order valence-corrected chi connectivity index (χ0v) is 19.4. The SMILES string of the molecule is O=C1CCC(N2Cc3cc(-n4cc(C(=O)NC5C(=O)NCc6ccccc65)nn4)ccc3C2=O)C(=O)N1. The number of amides is 5. The average molecular weight is 499 g/mol. The second kappa shape index (κ2) is 8.66. The predicted octanol–water partition coefficient (Wildman–Crippen LogP) is 0.129. The predicted molar refractivity (Wildman–Crippen MR) is 126 cm³/mol. The number of aromatic nitrogens is 3. The summed E-state index contributed by atoms with van der Waals surface area (Å²) < 4.78 is 1.41. The fraction of sp³-hybridized carbons (Fsp3) is 0.240. The molecule has 3 aromatic rings. The van der Waals surface area contributed by atoms with Crippen molar-refractivity contribution in [1.29, 1.82) is 0 Å². The molecule has 37 heavy (non-hydrogen) atoms. The third-order valence-corrected chi connectivity index (χ3v) is 6.85. The lowest BCUT2D eigenvalue weighted by atomic mass is 9.96. The van der Waals surface area contributed by atoms with Crippen molar-refractivity contribution in [2.45, 2.75) is 38.0 Å². The highest BCUT2D eigenvalue weighted by atomic mass is 16.2. The van der Waals surface area contributed by atoms with Crippen LogP contribution in [0, 0.1) is 0 Å². The maximum absolute atomic E-state index is 12.9. The Morgan fingerprint density at radius 1 is 1.03 bits per heavy atom. The standard InChI is InChI=1S/C25H21N7O5/c33-20-8-7-19(23(35)27-20)31-11-14-9-15(5-6-17(14)25(31)37)32-12-18(29-30-32)22(34)28-21-16-4-2-1-3-13(16)10-26-24(21)36/h1-6,9,12,19,21H,7-8,10-11H2,(H,26,36)(H,28,34)(H,27,33,35). The van der Waals surface area contributed by atoms with E-state index in [0.29, 0.717) is 23.4 Å². The number of hydrogen-bond acceptors (Lipinski definition) is 7. The van der Waals surface area contributed by atoms with Crippen LogP contribution in [0.15, 0.2) is 48.7 Å². The molecule has 0 radical (unpaired) electrons. The smallest absolute Gasteiger partial charge is 0.274 e. The molecule has 0 saturated carbocycles. The molecule has 2 atom stereocenters. The second-order valence-corrected chi connectivity index (χ2v) is 9.11. The fourth-order valence-electron chi connectivity index (χ4n) is 4.95. The molecular formula is C25H21N7O5. The van der Waals surface area contributed by atoms with E-state index in [1.165, 1.54) is 15.8 Å². The molecular weight excluding hydrogens is 478 g/mol. The van der Waals surface area contributed by atoms with Crippen molar-refractivity contribution >= 4 is 29.5 Å². The van der Waals surface area contributed by atoms with Gasteiger partial charge in [-0.2, -0.15) is 0 Å². The molecule has 0 spiro atoms. The van der Waals surface area contributed by atoms with Gasteiger partial charge in [0.15, 0.2) is 5.69 Å². The summed E-state index contributed by atoms with van der Waals surface area (Å²) in [5.74, 6) is -1.95. The van der Waals surface area contributed by atoms with E-state index in [-0.39, 0.29) is 42.8 Å². The molecule has 2 unspecified atom stereocenters. The Kier molecular flexibility index (Phi) is 5.29. The number of rotatable bonds is 4. The van der Waals surface area contributed by atoms with E-state index in [2.05, 4.69) is 26.3 Å². The monoisotopic (exact) mass is 499 g/mol. The molecule has 0 bridgehead atoms. The highest BCUT2D eigenvalue weighted by molar-refractivity contribution is 6.05. The van der Waals surface area contributed by atoms with Crippen molar-refractivity contribution in [3.05, 3.63) is 76.6 Å². The molecule has 1 aromatic heterocycles. The van der Waals surface area contributed by atoms with E-state index in [9.17, 15) is 24.0 Å². The second-order valence-electron chi connectivity index (χ2n) is 9.11. The number of carbonyl (C=O) groups is 5. The highest BCUT2D eigenvalue weighted by Gasteiger charge is 2.39. The summed E-state index contributed by atoms with van der Waals surface area (Å²) in [6, 6.07) is 10.9. The van der Waals surface area contributed by atoms with Gasteiger partial charge in [-0.1, -0.05) is 29.5 Å². The van der Waals surface area contributed by atoms with Gasteiger partial charge in [0, 0.05) is 25.1 Å². The van der Waals surface area contributed by atoms with Crippen molar-refractivity contribution in [3.8, 4) is 5.69 Å². The zero-order chi connectivity index (χ0) is 25.7. The molecule has 186 valence electrons. The van der Waals surface area contributed by atoms with Gasteiger partial charge in [-0.3, -0.25) is 29.3 Å². The minimum absolute atomic E-state index is 0.0256. The third kappa shape index (κ3) is 3.92. The van der Waals surface area contributed by atoms with Crippen molar-refractivity contribution in [3.63, 3.8) is 0 Å². The average Bonchev–Trinajstić information content (AvgIpc) is 3.51. The van der Waals surface area contributed by atoms with Crippen LogP contribution in [0.3, 0.4) is 0 Å². The number of fused-ring (bicyclic) bond motifs is 2. The number of benzene rings is 2. The molecule has 1 fully saturated rings. The first-order chi connectivity index (χ1) is 17.9. The van der Waals surface area contributed by atoms with Gasteiger partial charge in [-0.15, -0.1) is 5.10 Å². The molecule has 5 amide bonds. The number of nitrogens with zero attached hydrogens (tertiary/aromatic N) is 4. The summed E-state index contributed by atoms with van der Waals surface area (Å²) in [7, 11) is 0. The lowest BCUT2D eigenvalue weighted by Crippen LogP contribution is -2.52. The molecule has 12 heteroatoms. The Morgan fingerprint density at radius 2 is 1.86 bits per heavy atom. The molecule has 12 nitrogen and oxygen atoms in total. The Morgan fingerprint density at radius 3 is 2.70 bits per heavy atom. The maximum atomic E-state index is 12.9. The van der Waals surface area contributed by atoms with Crippen LogP contribution in [0.2, 0.25) is 0 Å². The third-order valence-electron chi connectivity index (χ3n) is 6.85. The summed E-state index contributed by atoms with van der Waals surface area (Å²) in [4.78, 5) is 63.4. The summed E-state index contributed by atoms with van der Waals surface area (Å²) in [5.41, 5.74) is 3.42. The van der Waals surface area contributed by atoms with Crippen LogP contribution in [-0.4, -0.2) is 55.5 Å². The van der Waals surface area contributed by atoms with E-state index in [1.807, 2.05) is 18.2 Å². The minimum atomic E-state index is -0.841. The van der Waals surface area contributed by atoms with Gasteiger partial charge in [0.25, 0.3) is 11.8 Å². The summed E-state index contributed by atoms with van der Waals surface area (Å²) in [5, 5.41) is 15.8. The van der Waals surface area contributed by atoms with Crippen LogP contribution < -0.4 is 16.0 Å². The van der Waals surface area contributed by atoms with Gasteiger partial charge in [0.2, 0.25) is 17.7 Å². The number of nitrogens with one attached hydrogen (secondary N) is 3. The van der Waals surface area contributed by atoms with Crippen LogP contribution in [0.4, 0.5) is 0 Å². The zero-order valence-electron chi connectivity index (χ0n) is 19.4. The first-order valence-electron chi connectivity index (χ1n) is 11.8. The van der Waals surface area contributed by atoms with Crippen molar-refractivity contribution in [2.75, 3.05) is 0 Å². The van der Waals surface area contributed by atoms with Gasteiger partial charge in [-0.25, -0.2) is 4.68 Å². The van der Waals surface area contributed by atoms with Gasteiger partial charge < -0.3 is 15.5 Å². The molecule has 2 aromatic carbocycles. The summed E-state index contributed by atoms with van der Waals surface area (Å²) >= 11 is 0. The normalized spacial score (nSPS) is 20.7. The quantitative estimate of drug-likeness (QED) is 0.431. The summed E-state index contributed by atoms with van der Waals surface area (Å²) in [6.45, 7) is 0.617. The lowest BCUT2D eigenvalue weighted by Gasteiger charge is -2.29. The highest BCUT2D eigenvalue weighted by Crippen LogP contribution is 2.29. The number of imide groups is 1. The molecule has 0 aliphatic carbocycles. The van der Waals surface area contributed by atoms with Crippen LogP contribution in [0.5, 0.6) is 0 Å². The molecule has 4 heterocycles. The number of piperidine rings is 1. The fourth-order valence-corrected chi connectivity index (χ4v) is 4.95. The first kappa shape index (κ1) is 22.6. The van der Waals surface area contributed by atoms with Crippen LogP contribution in [0.25, 0.3) is 5.69 Å². The van der Waals surface area contributed by atoms with Crippen molar-refractivity contribution < 1.29 is 24.0 Å². The Labute approximate surface area is 210 Å². The van der Waals surface area contributed by atoms with E-state index < -0.39 is 23.9 Å². The van der Waals surface area contributed by atoms with E-state index >= 15 is 0 Å². The minimum Gasteiger partial charge on any atom is -0.350 e. The van der Waals surface area contributed by atoms with Gasteiger partial charge >= 0.3 is 0 Å². The Balaban J connectivity index is 1.19. The molecule has 1 saturated heterocycles. The van der Waals surface area contributed by atoms with E-state index in [1.54, 1.807) is 24.3 Å². The Hall–Kier alpha value is -4.87. The van der Waals surface area contributed by atoms with Gasteiger partial charge in [0.05, 0.1) is 11.9 Å². The number of hydrogen-bond donors (Lipinski definition) is 3. The molecule has 3 aliphatic heterocycles. The van der Waals surface area contributed by atoms with Crippen molar-refractivity contribution in [2.24, 2.45) is 0 Å². The Bertz CT molecular complexity index is 1500. The van der Waals surface area contributed by atoms with Crippen LogP contribution >= 0.6 is 0 Å². The maximum Gasteiger partial charge on any atom is 0.274 e. The largest absolute Gasteiger partial charge is 0.350 e. The van der Waals surface area contributed by atoms with Gasteiger partial charge in [0.1, 0.15) is 12.1 Å². The lowest BCUT2D eigenvalue weighted by molar-refractivity contribution is -0.137. The van der Waals surface area contributed by atoms with E-state index in [0.717, 1.165) is 11.1 Å². The van der Waals surface area contributed by atoms with Gasteiger partial charge in [-0.05, 0) is 41.3 Å². The molecule has 3 aliphatic rings. The topological polar surface area (TPSA) is 155 Å². The summed E-state index contributed by atoms with van der Waals surface area (Å²) in [6.07, 6.45) is 1.90. The van der Waals surface area contributed by atoms with Crippen LogP contribution in [0.1, 0.15) is 56.4 Å².